The normalized spacial score (nSPS) is 17.4. The molecular weight excluding hydrogens is 250 g/mol. The van der Waals surface area contributed by atoms with Crippen LogP contribution in [-0.2, 0) is 11.2 Å². The van der Waals surface area contributed by atoms with E-state index in [2.05, 4.69) is 19.9 Å². The maximum Gasteiger partial charge on any atom is 0.221 e. The summed E-state index contributed by atoms with van der Waals surface area (Å²) < 4.78 is 5.30. The molecule has 108 valence electrons. The highest BCUT2D eigenvalue weighted by molar-refractivity contribution is 5.80. The van der Waals surface area contributed by atoms with Crippen molar-refractivity contribution in [2.75, 3.05) is 7.11 Å². The Balaban J connectivity index is 2.37. The first-order chi connectivity index (χ1) is 9.41. The Hall–Kier alpha value is -1.77. The van der Waals surface area contributed by atoms with Crippen molar-refractivity contribution >= 4 is 11.5 Å². The lowest BCUT2D eigenvalue weighted by atomic mass is 9.76. The van der Waals surface area contributed by atoms with Crippen LogP contribution in [0.3, 0.4) is 0 Å². The highest BCUT2D eigenvalue weighted by Crippen LogP contribution is 2.39. The molecule has 3 nitrogen and oxygen atoms in total. The molecule has 1 amide bonds. The van der Waals surface area contributed by atoms with Gasteiger partial charge in [0.25, 0.3) is 0 Å². The quantitative estimate of drug-likeness (QED) is 0.915. The second kappa shape index (κ2) is 5.70. The summed E-state index contributed by atoms with van der Waals surface area (Å²) in [5.41, 5.74) is 9.12. The van der Waals surface area contributed by atoms with E-state index in [1.165, 1.54) is 5.57 Å². The van der Waals surface area contributed by atoms with Gasteiger partial charge in [-0.05, 0) is 53.5 Å². The van der Waals surface area contributed by atoms with Gasteiger partial charge in [0.15, 0.2) is 0 Å². The molecule has 1 aliphatic carbocycles. The average Bonchev–Trinajstić information content (AvgIpc) is 2.39. The number of benzene rings is 1. The molecular formula is C17H23NO2. The van der Waals surface area contributed by atoms with Crippen molar-refractivity contribution in [3.8, 4) is 5.75 Å². The van der Waals surface area contributed by atoms with Crippen LogP contribution in [0.4, 0.5) is 0 Å². The summed E-state index contributed by atoms with van der Waals surface area (Å²) in [6.07, 6.45) is 5.83. The van der Waals surface area contributed by atoms with Crippen molar-refractivity contribution in [3.63, 3.8) is 0 Å². The number of rotatable bonds is 4. The Labute approximate surface area is 120 Å². The van der Waals surface area contributed by atoms with Crippen LogP contribution in [0.25, 0.3) is 5.57 Å². The van der Waals surface area contributed by atoms with Gasteiger partial charge in [0, 0.05) is 0 Å². The highest BCUT2D eigenvalue weighted by atomic mass is 16.5. The van der Waals surface area contributed by atoms with Gasteiger partial charge in [-0.15, -0.1) is 0 Å². The molecule has 0 aromatic heterocycles. The van der Waals surface area contributed by atoms with Crippen LogP contribution in [-0.4, -0.2) is 13.0 Å². The molecule has 0 fully saturated rings. The van der Waals surface area contributed by atoms with E-state index in [-0.39, 0.29) is 12.3 Å². The number of hydrogen-bond donors (Lipinski definition) is 1. The molecule has 0 aliphatic heterocycles. The fourth-order valence-electron chi connectivity index (χ4n) is 2.64. The number of carbonyl (C=O) groups excluding carboxylic acids is 1. The maximum absolute atomic E-state index is 11.2. The standard InChI is InChI=1S/C17H23NO2/c1-17(2)8-6-12(7-9-17)15-11-14(20-3)5-4-13(15)10-16(18)19/h4-6,11H,7-10H2,1-3H3,(H2,18,19). The van der Waals surface area contributed by atoms with Crippen LogP contribution in [0, 0.1) is 5.41 Å². The molecule has 0 heterocycles. The molecule has 0 atom stereocenters. The van der Waals surface area contributed by atoms with Crippen molar-refractivity contribution in [2.24, 2.45) is 11.1 Å². The van der Waals surface area contributed by atoms with E-state index >= 15 is 0 Å². The summed E-state index contributed by atoms with van der Waals surface area (Å²) in [4.78, 5) is 11.2. The summed E-state index contributed by atoms with van der Waals surface area (Å²) >= 11 is 0. The van der Waals surface area contributed by atoms with Gasteiger partial charge in [-0.2, -0.15) is 0 Å². The number of hydrogen-bond acceptors (Lipinski definition) is 2. The third-order valence-corrected chi connectivity index (χ3v) is 4.00. The summed E-state index contributed by atoms with van der Waals surface area (Å²) in [5, 5.41) is 0. The molecule has 0 spiro atoms. The van der Waals surface area contributed by atoms with Crippen LogP contribution < -0.4 is 10.5 Å². The monoisotopic (exact) mass is 273 g/mol. The Kier molecular flexibility index (Phi) is 4.17. The maximum atomic E-state index is 11.2. The third kappa shape index (κ3) is 3.41. The lowest BCUT2D eigenvalue weighted by Gasteiger charge is -2.29. The summed E-state index contributed by atoms with van der Waals surface area (Å²) in [5.74, 6) is 0.520. The smallest absolute Gasteiger partial charge is 0.221 e. The Morgan fingerprint density at radius 3 is 2.70 bits per heavy atom. The lowest BCUT2D eigenvalue weighted by Crippen LogP contribution is -2.17. The zero-order chi connectivity index (χ0) is 14.8. The number of ether oxygens (including phenoxy) is 1. The van der Waals surface area contributed by atoms with Gasteiger partial charge in [0.05, 0.1) is 13.5 Å². The molecule has 2 N–H and O–H groups in total. The first-order valence-corrected chi connectivity index (χ1v) is 7.06. The minimum atomic E-state index is -0.298. The SMILES string of the molecule is COc1ccc(CC(N)=O)c(C2=CCC(C)(C)CC2)c1. The van der Waals surface area contributed by atoms with Crippen molar-refractivity contribution in [2.45, 2.75) is 39.5 Å². The Morgan fingerprint density at radius 1 is 1.40 bits per heavy atom. The van der Waals surface area contributed by atoms with Crippen LogP contribution in [0.15, 0.2) is 24.3 Å². The summed E-state index contributed by atoms with van der Waals surface area (Å²) in [6, 6.07) is 5.84. The van der Waals surface area contributed by atoms with Gasteiger partial charge in [0.2, 0.25) is 5.91 Å². The van der Waals surface area contributed by atoms with E-state index in [1.807, 2.05) is 18.2 Å². The van der Waals surface area contributed by atoms with Crippen molar-refractivity contribution in [1.29, 1.82) is 0 Å². The lowest BCUT2D eigenvalue weighted by molar-refractivity contribution is -0.117. The predicted octanol–water partition coefficient (Wildman–Crippen LogP) is 3.32. The molecule has 0 bridgehead atoms. The van der Waals surface area contributed by atoms with E-state index < -0.39 is 0 Å². The predicted molar refractivity (Wildman–Crippen MR) is 81.5 cm³/mol. The Morgan fingerprint density at radius 2 is 2.15 bits per heavy atom. The molecule has 0 saturated heterocycles. The third-order valence-electron chi connectivity index (χ3n) is 4.00. The first kappa shape index (κ1) is 14.6. The van der Waals surface area contributed by atoms with E-state index in [0.717, 1.165) is 36.1 Å². The number of primary amides is 1. The number of amides is 1. The molecule has 2 rings (SSSR count). The molecule has 0 unspecified atom stereocenters. The Bertz CT molecular complexity index is 544. The van der Waals surface area contributed by atoms with Crippen molar-refractivity contribution in [3.05, 3.63) is 35.4 Å². The molecule has 1 aliphatic rings. The number of allylic oxidation sites excluding steroid dienone is 2. The van der Waals surface area contributed by atoms with Gasteiger partial charge < -0.3 is 10.5 Å². The summed E-state index contributed by atoms with van der Waals surface area (Å²) in [6.45, 7) is 4.58. The van der Waals surface area contributed by atoms with E-state index in [0.29, 0.717) is 5.41 Å². The fraction of sp³-hybridized carbons (Fsp3) is 0.471. The number of nitrogens with two attached hydrogens (primary N) is 1. The fourth-order valence-corrected chi connectivity index (χ4v) is 2.64. The van der Waals surface area contributed by atoms with E-state index in [4.69, 9.17) is 10.5 Å². The molecule has 0 saturated carbocycles. The molecule has 0 radical (unpaired) electrons. The van der Waals surface area contributed by atoms with Gasteiger partial charge in [-0.25, -0.2) is 0 Å². The number of methoxy groups -OCH3 is 1. The van der Waals surface area contributed by atoms with E-state index in [9.17, 15) is 4.79 Å². The largest absolute Gasteiger partial charge is 0.497 e. The molecule has 1 aromatic carbocycles. The first-order valence-electron chi connectivity index (χ1n) is 7.06. The second-order valence-electron chi connectivity index (χ2n) is 6.26. The van der Waals surface area contributed by atoms with Crippen LogP contribution >= 0.6 is 0 Å². The van der Waals surface area contributed by atoms with Gasteiger partial charge in [-0.3, -0.25) is 4.79 Å². The number of carbonyl (C=O) groups is 1. The minimum Gasteiger partial charge on any atom is -0.497 e. The molecule has 20 heavy (non-hydrogen) atoms. The van der Waals surface area contributed by atoms with Crippen LogP contribution in [0.2, 0.25) is 0 Å². The minimum absolute atomic E-state index is 0.278. The van der Waals surface area contributed by atoms with Gasteiger partial charge in [0.1, 0.15) is 5.75 Å². The highest BCUT2D eigenvalue weighted by Gasteiger charge is 2.23. The average molecular weight is 273 g/mol. The van der Waals surface area contributed by atoms with Gasteiger partial charge >= 0.3 is 0 Å². The van der Waals surface area contributed by atoms with Crippen molar-refractivity contribution in [1.82, 2.24) is 0 Å². The van der Waals surface area contributed by atoms with E-state index in [1.54, 1.807) is 7.11 Å². The van der Waals surface area contributed by atoms with Crippen molar-refractivity contribution < 1.29 is 9.53 Å². The van der Waals surface area contributed by atoms with Crippen LogP contribution in [0.5, 0.6) is 5.75 Å². The van der Waals surface area contributed by atoms with Crippen LogP contribution in [0.1, 0.15) is 44.2 Å². The molecule has 1 aromatic rings. The topological polar surface area (TPSA) is 52.3 Å². The zero-order valence-corrected chi connectivity index (χ0v) is 12.5. The summed E-state index contributed by atoms with van der Waals surface area (Å²) in [7, 11) is 1.66. The second-order valence-corrected chi connectivity index (χ2v) is 6.26. The zero-order valence-electron chi connectivity index (χ0n) is 12.5. The van der Waals surface area contributed by atoms with Gasteiger partial charge in [-0.1, -0.05) is 26.0 Å². The molecule has 3 heteroatoms.